The van der Waals surface area contributed by atoms with E-state index in [4.69, 9.17) is 11.0 Å². The second-order valence-corrected chi connectivity index (χ2v) is 1.35. The lowest BCUT2D eigenvalue weighted by atomic mass is 10.6. The Labute approximate surface area is 51.0 Å². The summed E-state index contributed by atoms with van der Waals surface area (Å²) in [6, 6.07) is 1.42. The Kier molecular flexibility index (Phi) is 1.24. The SMILES string of the molecule is N#COc1cc(N)[nH]n1. The molecule has 46 valence electrons. The fraction of sp³-hybridized carbons (Fsp3) is 0. The van der Waals surface area contributed by atoms with Crippen molar-refractivity contribution in [2.75, 3.05) is 5.73 Å². The first-order chi connectivity index (χ1) is 4.33. The topological polar surface area (TPSA) is 87.7 Å². The summed E-state index contributed by atoms with van der Waals surface area (Å²) in [6.07, 6.45) is 1.46. The highest BCUT2D eigenvalue weighted by atomic mass is 16.5. The highest BCUT2D eigenvalue weighted by Gasteiger charge is 1.95. The van der Waals surface area contributed by atoms with Gasteiger partial charge in [-0.15, -0.1) is 10.4 Å². The summed E-state index contributed by atoms with van der Waals surface area (Å²) in [6.45, 7) is 0. The van der Waals surface area contributed by atoms with Crippen LogP contribution in [-0.4, -0.2) is 10.2 Å². The zero-order chi connectivity index (χ0) is 6.69. The molecule has 1 heterocycles. The van der Waals surface area contributed by atoms with E-state index in [0.717, 1.165) is 0 Å². The van der Waals surface area contributed by atoms with Gasteiger partial charge in [0.15, 0.2) is 0 Å². The number of nitrogens with one attached hydrogen (secondary N) is 1. The maximum atomic E-state index is 7.96. The van der Waals surface area contributed by atoms with Gasteiger partial charge in [-0.1, -0.05) is 0 Å². The van der Waals surface area contributed by atoms with Crippen molar-refractivity contribution in [3.8, 4) is 12.1 Å². The summed E-state index contributed by atoms with van der Waals surface area (Å²) in [7, 11) is 0. The number of aromatic amines is 1. The molecule has 0 aliphatic carbocycles. The average molecular weight is 124 g/mol. The molecule has 0 unspecified atom stereocenters. The molecular formula is C4H4N4O. The first-order valence-electron chi connectivity index (χ1n) is 2.20. The molecule has 1 aromatic rings. The van der Waals surface area contributed by atoms with E-state index >= 15 is 0 Å². The molecule has 0 saturated carbocycles. The second-order valence-electron chi connectivity index (χ2n) is 1.35. The van der Waals surface area contributed by atoms with Crippen molar-refractivity contribution < 1.29 is 4.74 Å². The Hall–Kier alpha value is -1.70. The van der Waals surface area contributed by atoms with E-state index in [2.05, 4.69) is 14.9 Å². The van der Waals surface area contributed by atoms with Crippen LogP contribution in [0.2, 0.25) is 0 Å². The van der Waals surface area contributed by atoms with Crippen LogP contribution in [0.5, 0.6) is 5.88 Å². The lowest BCUT2D eigenvalue weighted by molar-refractivity contribution is 0.484. The Morgan fingerprint density at radius 3 is 3.11 bits per heavy atom. The highest BCUT2D eigenvalue weighted by Crippen LogP contribution is 2.07. The van der Waals surface area contributed by atoms with Gasteiger partial charge in [-0.3, -0.25) is 5.10 Å². The van der Waals surface area contributed by atoms with Crippen molar-refractivity contribution in [3.05, 3.63) is 6.07 Å². The molecule has 3 N–H and O–H groups in total. The van der Waals surface area contributed by atoms with E-state index in [9.17, 15) is 0 Å². The number of ether oxygens (including phenoxy) is 1. The standard InChI is InChI=1S/C4H4N4O/c5-2-9-4-1-3(6)7-8-4/h1H,(H3,6,7,8). The first kappa shape index (κ1) is 5.44. The molecule has 9 heavy (non-hydrogen) atoms. The largest absolute Gasteiger partial charge is 0.384 e. The van der Waals surface area contributed by atoms with E-state index in [-0.39, 0.29) is 5.88 Å². The second kappa shape index (κ2) is 2.05. The van der Waals surface area contributed by atoms with E-state index in [1.807, 2.05) is 0 Å². The molecule has 0 aromatic carbocycles. The molecule has 0 aliphatic rings. The van der Waals surface area contributed by atoms with Gasteiger partial charge in [0.2, 0.25) is 0 Å². The van der Waals surface area contributed by atoms with Crippen LogP contribution < -0.4 is 10.5 Å². The van der Waals surface area contributed by atoms with Crippen molar-refractivity contribution in [1.82, 2.24) is 10.2 Å². The number of hydrogen-bond acceptors (Lipinski definition) is 4. The minimum absolute atomic E-state index is 0.190. The molecule has 5 heteroatoms. The summed E-state index contributed by atoms with van der Waals surface area (Å²) in [5.41, 5.74) is 5.20. The Morgan fingerprint density at radius 1 is 1.89 bits per heavy atom. The molecule has 1 rings (SSSR count). The maximum Gasteiger partial charge on any atom is 0.293 e. The molecule has 0 spiro atoms. The number of nitrogens with zero attached hydrogens (tertiary/aromatic N) is 2. The lowest BCUT2D eigenvalue weighted by Gasteiger charge is -1.79. The van der Waals surface area contributed by atoms with Crippen molar-refractivity contribution in [2.45, 2.75) is 0 Å². The van der Waals surface area contributed by atoms with E-state index in [1.165, 1.54) is 12.3 Å². The van der Waals surface area contributed by atoms with Gasteiger partial charge in [0.1, 0.15) is 5.82 Å². The Balaban J connectivity index is 2.76. The third kappa shape index (κ3) is 1.10. The molecule has 0 bridgehead atoms. The third-order valence-corrected chi connectivity index (χ3v) is 0.724. The number of rotatable bonds is 1. The zero-order valence-electron chi connectivity index (χ0n) is 4.46. The first-order valence-corrected chi connectivity index (χ1v) is 2.20. The van der Waals surface area contributed by atoms with Gasteiger partial charge in [0, 0.05) is 6.07 Å². The number of nitrogens with two attached hydrogens (primary N) is 1. The van der Waals surface area contributed by atoms with Crippen LogP contribution in [0.1, 0.15) is 0 Å². The molecular weight excluding hydrogens is 120 g/mol. The normalized spacial score (nSPS) is 8.33. The van der Waals surface area contributed by atoms with E-state index in [1.54, 1.807) is 0 Å². The van der Waals surface area contributed by atoms with Gasteiger partial charge in [-0.25, -0.2) is 0 Å². The monoisotopic (exact) mass is 124 g/mol. The van der Waals surface area contributed by atoms with Gasteiger partial charge in [-0.2, -0.15) is 0 Å². The van der Waals surface area contributed by atoms with Crippen LogP contribution in [0.25, 0.3) is 0 Å². The molecule has 0 radical (unpaired) electrons. The minimum atomic E-state index is 0.190. The van der Waals surface area contributed by atoms with Gasteiger partial charge in [0.05, 0.1) is 0 Å². The van der Waals surface area contributed by atoms with Crippen molar-refractivity contribution >= 4 is 5.82 Å². The molecule has 5 nitrogen and oxygen atoms in total. The summed E-state index contributed by atoms with van der Waals surface area (Å²) in [5, 5.41) is 13.9. The van der Waals surface area contributed by atoms with Crippen molar-refractivity contribution in [2.24, 2.45) is 0 Å². The van der Waals surface area contributed by atoms with Gasteiger partial charge >= 0.3 is 0 Å². The van der Waals surface area contributed by atoms with Crippen LogP contribution in [0.15, 0.2) is 6.07 Å². The number of nitriles is 1. The fourth-order valence-electron chi connectivity index (χ4n) is 0.416. The number of nitrogen functional groups attached to an aromatic ring is 1. The predicted molar refractivity (Wildman–Crippen MR) is 29.2 cm³/mol. The fourth-order valence-corrected chi connectivity index (χ4v) is 0.416. The number of aromatic nitrogens is 2. The van der Waals surface area contributed by atoms with Gasteiger partial charge in [-0.05, 0) is 0 Å². The smallest absolute Gasteiger partial charge is 0.293 e. The lowest BCUT2D eigenvalue weighted by Crippen LogP contribution is -1.81. The summed E-state index contributed by atoms with van der Waals surface area (Å²) < 4.78 is 4.31. The molecule has 0 atom stereocenters. The van der Waals surface area contributed by atoms with Crippen molar-refractivity contribution in [1.29, 1.82) is 5.26 Å². The van der Waals surface area contributed by atoms with Crippen LogP contribution in [-0.2, 0) is 0 Å². The van der Waals surface area contributed by atoms with Crippen molar-refractivity contribution in [3.63, 3.8) is 0 Å². The number of hydrogen-bond donors (Lipinski definition) is 2. The molecule has 0 aliphatic heterocycles. The van der Waals surface area contributed by atoms with Crippen LogP contribution in [0, 0.1) is 11.5 Å². The van der Waals surface area contributed by atoms with E-state index < -0.39 is 0 Å². The third-order valence-electron chi connectivity index (χ3n) is 0.724. The predicted octanol–water partition coefficient (Wildman–Crippen LogP) is -0.148. The Bertz CT molecular complexity index is 235. The molecule has 1 aromatic heterocycles. The van der Waals surface area contributed by atoms with Crippen LogP contribution in [0.3, 0.4) is 0 Å². The molecule has 0 fully saturated rings. The highest BCUT2D eigenvalue weighted by molar-refractivity contribution is 5.31. The quantitative estimate of drug-likeness (QED) is 0.509. The molecule has 0 saturated heterocycles. The minimum Gasteiger partial charge on any atom is -0.384 e. The average Bonchev–Trinajstić information content (AvgIpc) is 2.17. The van der Waals surface area contributed by atoms with Crippen LogP contribution >= 0.6 is 0 Å². The maximum absolute atomic E-state index is 7.96. The Morgan fingerprint density at radius 2 is 2.67 bits per heavy atom. The van der Waals surface area contributed by atoms with E-state index in [0.29, 0.717) is 5.82 Å². The number of anilines is 1. The van der Waals surface area contributed by atoms with Gasteiger partial charge < -0.3 is 10.5 Å². The zero-order valence-corrected chi connectivity index (χ0v) is 4.46. The summed E-state index contributed by atoms with van der Waals surface area (Å²) in [4.78, 5) is 0. The summed E-state index contributed by atoms with van der Waals surface area (Å²) in [5.74, 6) is 0.565. The van der Waals surface area contributed by atoms with Crippen LogP contribution in [0.4, 0.5) is 5.82 Å². The molecule has 0 amide bonds. The number of H-pyrrole nitrogens is 1. The van der Waals surface area contributed by atoms with Gasteiger partial charge in [0.25, 0.3) is 12.1 Å². The summed E-state index contributed by atoms with van der Waals surface area (Å²) >= 11 is 0.